The van der Waals surface area contributed by atoms with E-state index in [2.05, 4.69) is 56.3 Å². The molecule has 0 aromatic heterocycles. The van der Waals surface area contributed by atoms with Crippen molar-refractivity contribution in [3.05, 3.63) is 29.3 Å². The fraction of sp³-hybridized carbons (Fsp3) is 0.571. The molecule has 2 atom stereocenters. The van der Waals surface area contributed by atoms with Crippen LogP contribution in [0.2, 0.25) is 0 Å². The van der Waals surface area contributed by atoms with Crippen molar-refractivity contribution in [1.82, 2.24) is 5.01 Å². The van der Waals surface area contributed by atoms with Crippen LogP contribution in [0.3, 0.4) is 0 Å². The summed E-state index contributed by atoms with van der Waals surface area (Å²) >= 11 is 1.49. The van der Waals surface area contributed by atoms with Gasteiger partial charge in [0.05, 0.1) is 5.69 Å². The fourth-order valence-corrected chi connectivity index (χ4v) is 3.35. The lowest BCUT2D eigenvalue weighted by Crippen LogP contribution is -2.34. The summed E-state index contributed by atoms with van der Waals surface area (Å²) < 4.78 is 0. The van der Waals surface area contributed by atoms with E-state index in [4.69, 9.17) is 5.14 Å². The highest BCUT2D eigenvalue weighted by molar-refractivity contribution is 7.97. The second-order valence-corrected chi connectivity index (χ2v) is 6.10. The summed E-state index contributed by atoms with van der Waals surface area (Å²) in [6.07, 6.45) is 2.41. The molecule has 1 unspecified atom stereocenters. The summed E-state index contributed by atoms with van der Waals surface area (Å²) in [7, 11) is 6.26. The molecule has 1 aliphatic rings. The number of hydrazine groups is 1. The van der Waals surface area contributed by atoms with E-state index >= 15 is 0 Å². The van der Waals surface area contributed by atoms with Gasteiger partial charge in [-0.25, -0.2) is 5.01 Å². The standard InChI is InChI=1S/C14H23N3S/c1-10-8-9-13(18-15)11-6-5-7-12(14(10)11)17(4)16(2)3/h5-7,10,13H,8-9,15H2,1-4H3/t10-,13?/m0/s1. The maximum absolute atomic E-state index is 5.84. The summed E-state index contributed by atoms with van der Waals surface area (Å²) in [6, 6.07) is 6.59. The third-order valence-electron chi connectivity index (χ3n) is 3.93. The van der Waals surface area contributed by atoms with Crippen LogP contribution in [0.5, 0.6) is 0 Å². The maximum atomic E-state index is 5.84. The zero-order valence-electron chi connectivity index (χ0n) is 11.7. The van der Waals surface area contributed by atoms with Crippen molar-refractivity contribution in [3.8, 4) is 0 Å². The summed E-state index contributed by atoms with van der Waals surface area (Å²) in [5.41, 5.74) is 4.21. The van der Waals surface area contributed by atoms with Gasteiger partial charge in [0, 0.05) is 26.4 Å². The molecule has 1 aromatic rings. The number of benzene rings is 1. The maximum Gasteiger partial charge on any atom is 0.0556 e. The molecule has 0 radical (unpaired) electrons. The van der Waals surface area contributed by atoms with Gasteiger partial charge >= 0.3 is 0 Å². The molecule has 1 aliphatic carbocycles. The summed E-state index contributed by atoms with van der Waals surface area (Å²) in [6.45, 7) is 2.32. The molecule has 4 heteroatoms. The fourth-order valence-electron chi connectivity index (χ4n) is 2.73. The van der Waals surface area contributed by atoms with Gasteiger partial charge in [-0.3, -0.25) is 5.14 Å². The Morgan fingerprint density at radius 3 is 2.56 bits per heavy atom. The van der Waals surface area contributed by atoms with E-state index in [0.717, 1.165) is 0 Å². The highest BCUT2D eigenvalue weighted by Crippen LogP contribution is 2.46. The first-order valence-electron chi connectivity index (χ1n) is 6.45. The highest BCUT2D eigenvalue weighted by Gasteiger charge is 2.27. The number of nitrogens with zero attached hydrogens (tertiary/aromatic N) is 2. The van der Waals surface area contributed by atoms with Gasteiger partial charge in [-0.2, -0.15) is 0 Å². The normalized spacial score (nSPS) is 23.0. The van der Waals surface area contributed by atoms with Crippen molar-refractivity contribution in [3.63, 3.8) is 0 Å². The zero-order valence-corrected chi connectivity index (χ0v) is 12.5. The Bertz CT molecular complexity index is 420. The van der Waals surface area contributed by atoms with Crippen LogP contribution in [0, 0.1) is 0 Å². The van der Waals surface area contributed by atoms with Crippen LogP contribution in [0.25, 0.3) is 0 Å². The molecule has 100 valence electrons. The SMILES string of the molecule is C[C@H]1CCC(SN)c2cccc(N(C)N(C)C)c21. The van der Waals surface area contributed by atoms with Crippen LogP contribution in [0.1, 0.15) is 42.1 Å². The summed E-state index contributed by atoms with van der Waals surface area (Å²) in [5.74, 6) is 0.613. The molecule has 0 amide bonds. The lowest BCUT2D eigenvalue weighted by atomic mass is 9.82. The van der Waals surface area contributed by atoms with Gasteiger partial charge in [-0.05, 0) is 36.0 Å². The van der Waals surface area contributed by atoms with E-state index in [9.17, 15) is 0 Å². The zero-order chi connectivity index (χ0) is 13.3. The molecule has 3 nitrogen and oxygen atoms in total. The van der Waals surface area contributed by atoms with Gasteiger partial charge < -0.3 is 5.01 Å². The van der Waals surface area contributed by atoms with Gasteiger partial charge in [0.2, 0.25) is 0 Å². The smallest absolute Gasteiger partial charge is 0.0556 e. The number of hydrogen-bond donors (Lipinski definition) is 1. The van der Waals surface area contributed by atoms with Crippen molar-refractivity contribution in [2.75, 3.05) is 26.2 Å². The Balaban J connectivity index is 2.50. The molecule has 18 heavy (non-hydrogen) atoms. The number of fused-ring (bicyclic) bond motifs is 1. The van der Waals surface area contributed by atoms with E-state index in [-0.39, 0.29) is 0 Å². The van der Waals surface area contributed by atoms with Gasteiger partial charge in [0.25, 0.3) is 0 Å². The monoisotopic (exact) mass is 265 g/mol. The van der Waals surface area contributed by atoms with Crippen molar-refractivity contribution in [2.45, 2.75) is 30.9 Å². The van der Waals surface area contributed by atoms with E-state index in [0.29, 0.717) is 11.2 Å². The van der Waals surface area contributed by atoms with Crippen LogP contribution in [0.4, 0.5) is 5.69 Å². The topological polar surface area (TPSA) is 32.5 Å². The molecular weight excluding hydrogens is 242 g/mol. The van der Waals surface area contributed by atoms with Gasteiger partial charge in [0.1, 0.15) is 0 Å². The van der Waals surface area contributed by atoms with Crippen LogP contribution >= 0.6 is 11.9 Å². The van der Waals surface area contributed by atoms with E-state index in [1.165, 1.54) is 41.6 Å². The molecule has 0 spiro atoms. The first-order chi connectivity index (χ1) is 8.56. The molecule has 1 aromatic carbocycles. The molecule has 0 heterocycles. The second-order valence-electron chi connectivity index (χ2n) is 5.25. The predicted molar refractivity (Wildman–Crippen MR) is 80.7 cm³/mol. The Morgan fingerprint density at radius 1 is 1.22 bits per heavy atom. The third-order valence-corrected chi connectivity index (χ3v) is 4.75. The molecule has 2 N–H and O–H groups in total. The van der Waals surface area contributed by atoms with Crippen molar-refractivity contribution >= 4 is 17.6 Å². The number of nitrogens with two attached hydrogens (primary N) is 1. The van der Waals surface area contributed by atoms with Gasteiger partial charge in [0.15, 0.2) is 0 Å². The van der Waals surface area contributed by atoms with E-state index < -0.39 is 0 Å². The Hall–Kier alpha value is -0.710. The van der Waals surface area contributed by atoms with Gasteiger partial charge in [-0.15, -0.1) is 0 Å². The molecule has 0 aliphatic heterocycles. The summed E-state index contributed by atoms with van der Waals surface area (Å²) in [4.78, 5) is 0. The quantitative estimate of drug-likeness (QED) is 0.672. The van der Waals surface area contributed by atoms with Gasteiger partial charge in [-0.1, -0.05) is 31.0 Å². The molecular formula is C14H23N3S. The van der Waals surface area contributed by atoms with Crippen molar-refractivity contribution < 1.29 is 0 Å². The Labute approximate surface area is 114 Å². The largest absolute Gasteiger partial charge is 0.309 e. The Morgan fingerprint density at radius 2 is 1.94 bits per heavy atom. The lowest BCUT2D eigenvalue weighted by molar-refractivity contribution is 0.394. The van der Waals surface area contributed by atoms with Crippen LogP contribution < -0.4 is 10.1 Å². The first kappa shape index (κ1) is 13.7. The van der Waals surface area contributed by atoms with Crippen LogP contribution in [-0.2, 0) is 0 Å². The van der Waals surface area contributed by atoms with Crippen molar-refractivity contribution in [2.24, 2.45) is 5.14 Å². The molecule has 0 bridgehead atoms. The highest BCUT2D eigenvalue weighted by atomic mass is 32.2. The second kappa shape index (κ2) is 5.51. The minimum Gasteiger partial charge on any atom is -0.309 e. The lowest BCUT2D eigenvalue weighted by Gasteiger charge is -2.35. The minimum absolute atomic E-state index is 0.451. The van der Waals surface area contributed by atoms with E-state index in [1.54, 1.807) is 0 Å². The van der Waals surface area contributed by atoms with Crippen molar-refractivity contribution in [1.29, 1.82) is 0 Å². The molecule has 0 saturated carbocycles. The molecule has 2 rings (SSSR count). The Kier molecular flexibility index (Phi) is 4.20. The first-order valence-corrected chi connectivity index (χ1v) is 7.39. The average molecular weight is 265 g/mol. The number of rotatable bonds is 3. The molecule has 0 saturated heterocycles. The number of hydrogen-bond acceptors (Lipinski definition) is 4. The predicted octanol–water partition coefficient (Wildman–Crippen LogP) is 3.14. The summed E-state index contributed by atoms with van der Waals surface area (Å²) in [5, 5.41) is 10.6. The van der Waals surface area contributed by atoms with Crippen LogP contribution in [-0.4, -0.2) is 26.2 Å². The third kappa shape index (κ3) is 2.37. The minimum atomic E-state index is 0.451. The van der Waals surface area contributed by atoms with Crippen LogP contribution in [0.15, 0.2) is 18.2 Å². The van der Waals surface area contributed by atoms with E-state index in [1.807, 2.05) is 0 Å². The average Bonchev–Trinajstić information content (AvgIpc) is 2.37. The molecule has 0 fully saturated rings. The number of anilines is 1.